The summed E-state index contributed by atoms with van der Waals surface area (Å²) in [4.78, 5) is 15.3. The van der Waals surface area contributed by atoms with Gasteiger partial charge in [-0.2, -0.15) is 0 Å². The lowest BCUT2D eigenvalue weighted by Gasteiger charge is -2.38. The number of ether oxygens (including phenoxy) is 1. The predicted molar refractivity (Wildman–Crippen MR) is 105 cm³/mol. The van der Waals surface area contributed by atoms with E-state index in [2.05, 4.69) is 46.6 Å². The number of carbonyl (C=O) groups excluding carboxylic acids is 1. The van der Waals surface area contributed by atoms with Crippen molar-refractivity contribution in [3.63, 3.8) is 0 Å². The molecule has 1 saturated heterocycles. The molecule has 2 unspecified atom stereocenters. The Kier molecular flexibility index (Phi) is 5.84. The molecule has 2 aromatic carbocycles. The van der Waals surface area contributed by atoms with Crippen LogP contribution in [0.25, 0.3) is 0 Å². The second-order valence-electron chi connectivity index (χ2n) is 6.92. The maximum absolute atomic E-state index is 13.2. The van der Waals surface area contributed by atoms with Crippen LogP contribution in [0.5, 0.6) is 5.75 Å². The van der Waals surface area contributed by atoms with E-state index in [9.17, 15) is 4.79 Å². The van der Waals surface area contributed by atoms with Crippen LogP contribution in [0, 0.1) is 5.92 Å². The number of amides is 1. The van der Waals surface area contributed by atoms with Crippen LogP contribution in [0.1, 0.15) is 29.2 Å². The minimum atomic E-state index is 0. The number of rotatable bonds is 3. The molecule has 1 amide bonds. The molecule has 0 aliphatic carbocycles. The van der Waals surface area contributed by atoms with Gasteiger partial charge in [-0.05, 0) is 48.2 Å². The monoisotopic (exact) mass is 372 g/mol. The average molecular weight is 373 g/mol. The summed E-state index contributed by atoms with van der Waals surface area (Å²) in [5, 5.41) is 3.32. The van der Waals surface area contributed by atoms with E-state index in [4.69, 9.17) is 4.74 Å². The molecule has 0 saturated carbocycles. The molecule has 0 aromatic heterocycles. The zero-order chi connectivity index (χ0) is 17.2. The molecule has 4 rings (SSSR count). The number of nitrogens with zero attached hydrogens (tertiary/aromatic N) is 1. The summed E-state index contributed by atoms with van der Waals surface area (Å²) in [7, 11) is 1.68. The summed E-state index contributed by atoms with van der Waals surface area (Å²) in [5.74, 6) is 1.22. The number of benzene rings is 2. The maximum Gasteiger partial charge on any atom is 0.227 e. The Hall–Kier alpha value is -2.04. The van der Waals surface area contributed by atoms with Crippen LogP contribution in [0.15, 0.2) is 48.5 Å². The summed E-state index contributed by atoms with van der Waals surface area (Å²) in [5.41, 5.74) is 3.72. The predicted octanol–water partition coefficient (Wildman–Crippen LogP) is 3.35. The largest absolute Gasteiger partial charge is 0.497 e. The van der Waals surface area contributed by atoms with Gasteiger partial charge in [0.25, 0.3) is 0 Å². The Labute approximate surface area is 160 Å². The molecule has 0 radical (unpaired) electrons. The number of hydrogen-bond acceptors (Lipinski definition) is 3. The highest BCUT2D eigenvalue weighted by Gasteiger charge is 2.35. The van der Waals surface area contributed by atoms with Gasteiger partial charge in [-0.15, -0.1) is 12.4 Å². The van der Waals surface area contributed by atoms with Gasteiger partial charge in [0, 0.05) is 13.1 Å². The molecule has 0 bridgehead atoms. The number of nitrogens with one attached hydrogen (secondary N) is 1. The highest BCUT2D eigenvalue weighted by molar-refractivity contribution is 5.85. The lowest BCUT2D eigenvalue weighted by atomic mass is 9.88. The Bertz CT molecular complexity index is 760. The zero-order valence-electron chi connectivity index (χ0n) is 15.0. The molecule has 5 heteroatoms. The van der Waals surface area contributed by atoms with E-state index in [1.54, 1.807) is 7.11 Å². The van der Waals surface area contributed by atoms with Crippen molar-refractivity contribution in [3.05, 3.63) is 65.2 Å². The topological polar surface area (TPSA) is 41.6 Å². The van der Waals surface area contributed by atoms with Crippen LogP contribution < -0.4 is 10.1 Å². The third-order valence-corrected chi connectivity index (χ3v) is 5.42. The number of carbonyl (C=O) groups is 1. The van der Waals surface area contributed by atoms with Crippen molar-refractivity contribution in [1.82, 2.24) is 10.2 Å². The van der Waals surface area contributed by atoms with Gasteiger partial charge in [-0.25, -0.2) is 0 Å². The molecule has 2 aliphatic heterocycles. The molecule has 2 aromatic rings. The highest BCUT2D eigenvalue weighted by Crippen LogP contribution is 2.36. The molecule has 2 atom stereocenters. The zero-order valence-corrected chi connectivity index (χ0v) is 15.8. The first-order chi connectivity index (χ1) is 12.3. The number of halogens is 1. The lowest BCUT2D eigenvalue weighted by Crippen LogP contribution is -2.42. The fourth-order valence-corrected chi connectivity index (χ4v) is 3.99. The van der Waals surface area contributed by atoms with Crippen LogP contribution in [-0.4, -0.2) is 31.0 Å². The molecular weight excluding hydrogens is 348 g/mol. The second kappa shape index (κ2) is 8.11. The average Bonchev–Trinajstić information content (AvgIpc) is 3.21. The second-order valence-corrected chi connectivity index (χ2v) is 6.92. The fourth-order valence-electron chi connectivity index (χ4n) is 3.99. The quantitative estimate of drug-likeness (QED) is 0.898. The van der Waals surface area contributed by atoms with Crippen molar-refractivity contribution < 1.29 is 9.53 Å². The Morgan fingerprint density at radius 3 is 2.65 bits per heavy atom. The Morgan fingerprint density at radius 2 is 1.96 bits per heavy atom. The first kappa shape index (κ1) is 18.7. The van der Waals surface area contributed by atoms with Crippen LogP contribution in [0.3, 0.4) is 0 Å². The van der Waals surface area contributed by atoms with Gasteiger partial charge in [-0.3, -0.25) is 4.79 Å². The van der Waals surface area contributed by atoms with Crippen molar-refractivity contribution in [3.8, 4) is 5.75 Å². The van der Waals surface area contributed by atoms with Gasteiger partial charge in [0.15, 0.2) is 0 Å². The molecule has 26 heavy (non-hydrogen) atoms. The Balaban J connectivity index is 0.00000196. The first-order valence-corrected chi connectivity index (χ1v) is 8.98. The van der Waals surface area contributed by atoms with Crippen LogP contribution in [0.2, 0.25) is 0 Å². The summed E-state index contributed by atoms with van der Waals surface area (Å²) < 4.78 is 5.37. The minimum absolute atomic E-state index is 0. The van der Waals surface area contributed by atoms with E-state index >= 15 is 0 Å². The molecule has 4 nitrogen and oxygen atoms in total. The van der Waals surface area contributed by atoms with Gasteiger partial charge in [0.2, 0.25) is 5.91 Å². The number of hydrogen-bond donors (Lipinski definition) is 1. The lowest BCUT2D eigenvalue weighted by molar-refractivity contribution is -0.138. The normalized spacial score (nSPS) is 21.7. The standard InChI is InChI=1S/C21H24N2O2.ClH/c1-25-19-8-7-16-12-20(15-5-3-2-4-6-15)23(14-18(16)11-19)21(24)17-9-10-22-13-17;/h2-8,11,17,20,22H,9-10,12-14H2,1H3;1H. The van der Waals surface area contributed by atoms with Gasteiger partial charge >= 0.3 is 0 Å². The van der Waals surface area contributed by atoms with Crippen molar-refractivity contribution in [1.29, 1.82) is 0 Å². The summed E-state index contributed by atoms with van der Waals surface area (Å²) >= 11 is 0. The molecule has 2 aliphatic rings. The van der Waals surface area contributed by atoms with Gasteiger partial charge < -0.3 is 15.0 Å². The van der Waals surface area contributed by atoms with Crippen LogP contribution in [-0.2, 0) is 17.8 Å². The van der Waals surface area contributed by atoms with Gasteiger partial charge in [0.1, 0.15) is 5.75 Å². The third-order valence-electron chi connectivity index (χ3n) is 5.42. The van der Waals surface area contributed by atoms with Crippen molar-refractivity contribution in [2.24, 2.45) is 5.92 Å². The van der Waals surface area contributed by atoms with Crippen molar-refractivity contribution >= 4 is 18.3 Å². The molecule has 0 spiro atoms. The van der Waals surface area contributed by atoms with E-state index in [0.717, 1.165) is 31.7 Å². The number of methoxy groups -OCH3 is 1. The summed E-state index contributed by atoms with van der Waals surface area (Å²) in [6.07, 6.45) is 1.79. The van der Waals surface area contributed by atoms with Gasteiger partial charge in [-0.1, -0.05) is 36.4 Å². The number of fused-ring (bicyclic) bond motifs is 1. The van der Waals surface area contributed by atoms with Crippen molar-refractivity contribution in [2.75, 3.05) is 20.2 Å². The smallest absolute Gasteiger partial charge is 0.227 e. The third kappa shape index (κ3) is 3.57. The molecule has 1 N–H and O–H groups in total. The van der Waals surface area contributed by atoms with Crippen molar-refractivity contribution in [2.45, 2.75) is 25.4 Å². The summed E-state index contributed by atoms with van der Waals surface area (Å²) in [6, 6.07) is 16.7. The molecular formula is C21H25ClN2O2. The van der Waals surface area contributed by atoms with E-state index in [0.29, 0.717) is 6.54 Å². The first-order valence-electron chi connectivity index (χ1n) is 8.98. The van der Waals surface area contributed by atoms with Crippen LogP contribution in [0.4, 0.5) is 0 Å². The molecule has 1 fully saturated rings. The minimum Gasteiger partial charge on any atom is -0.497 e. The fraction of sp³-hybridized carbons (Fsp3) is 0.381. The van der Waals surface area contributed by atoms with E-state index in [-0.39, 0.29) is 30.3 Å². The maximum atomic E-state index is 13.2. The summed E-state index contributed by atoms with van der Waals surface area (Å²) in [6.45, 7) is 2.38. The molecule has 138 valence electrons. The van der Waals surface area contributed by atoms with Gasteiger partial charge in [0.05, 0.1) is 19.1 Å². The Morgan fingerprint density at radius 1 is 1.15 bits per heavy atom. The van der Waals surface area contributed by atoms with E-state index in [1.165, 1.54) is 16.7 Å². The highest BCUT2D eigenvalue weighted by atomic mass is 35.5. The van der Waals surface area contributed by atoms with E-state index < -0.39 is 0 Å². The molecule has 2 heterocycles. The van der Waals surface area contributed by atoms with Crippen LogP contribution >= 0.6 is 12.4 Å². The van der Waals surface area contributed by atoms with E-state index in [1.807, 2.05) is 12.1 Å². The SMILES string of the molecule is COc1ccc2c(c1)CN(C(=O)C1CCNC1)C(c1ccccc1)C2.Cl.